The fourth-order valence-electron chi connectivity index (χ4n) is 1.42. The van der Waals surface area contributed by atoms with Crippen molar-refractivity contribution in [2.45, 2.75) is 6.42 Å². The van der Waals surface area contributed by atoms with Gasteiger partial charge in [-0.3, -0.25) is 9.59 Å². The number of ketones is 1. The third kappa shape index (κ3) is 2.84. The lowest BCUT2D eigenvalue weighted by atomic mass is 9.99. The summed E-state index contributed by atoms with van der Waals surface area (Å²) in [6.07, 6.45) is 0.806. The number of methoxy groups -OCH3 is 1. The Morgan fingerprint density at radius 1 is 1.41 bits per heavy atom. The van der Waals surface area contributed by atoms with Gasteiger partial charge in [-0.25, -0.2) is 0 Å². The van der Waals surface area contributed by atoms with Crippen molar-refractivity contribution in [2.24, 2.45) is 0 Å². The van der Waals surface area contributed by atoms with Crippen molar-refractivity contribution < 1.29 is 24.5 Å². The summed E-state index contributed by atoms with van der Waals surface area (Å²) in [5.41, 5.74) is 0.141. The summed E-state index contributed by atoms with van der Waals surface area (Å²) in [5.74, 6) is -1.73. The van der Waals surface area contributed by atoms with Gasteiger partial charge in [0.25, 0.3) is 0 Å². The molecule has 0 aliphatic heterocycles. The van der Waals surface area contributed by atoms with Gasteiger partial charge >= 0.3 is 5.97 Å². The molecule has 0 saturated heterocycles. The standard InChI is InChI=1S/C12H12O5/c1-3-9(14)12-7(5-11(16)17-2)4-8(13)6-10(12)15/h3-4,6,13,15H,1,5H2,2H3. The fourth-order valence-corrected chi connectivity index (χ4v) is 1.42. The largest absolute Gasteiger partial charge is 0.508 e. The van der Waals surface area contributed by atoms with E-state index in [1.54, 1.807) is 0 Å². The first-order chi connectivity index (χ1) is 7.99. The molecule has 0 aliphatic rings. The second kappa shape index (κ2) is 5.16. The van der Waals surface area contributed by atoms with E-state index in [0.717, 1.165) is 12.1 Å². The minimum absolute atomic E-state index is 0.0526. The SMILES string of the molecule is C=CC(=O)c1c(O)cc(O)cc1CC(=O)OC. The molecule has 0 amide bonds. The summed E-state index contributed by atoms with van der Waals surface area (Å²) in [7, 11) is 1.21. The molecule has 1 aromatic rings. The van der Waals surface area contributed by atoms with Crippen molar-refractivity contribution in [2.75, 3.05) is 7.11 Å². The van der Waals surface area contributed by atoms with Crippen molar-refractivity contribution in [3.05, 3.63) is 35.9 Å². The van der Waals surface area contributed by atoms with Crippen LogP contribution in [0, 0.1) is 0 Å². The van der Waals surface area contributed by atoms with Crippen LogP contribution in [0.3, 0.4) is 0 Å². The molecule has 5 nitrogen and oxygen atoms in total. The van der Waals surface area contributed by atoms with Crippen molar-refractivity contribution >= 4 is 11.8 Å². The molecule has 1 rings (SSSR count). The Balaban J connectivity index is 3.29. The predicted octanol–water partition coefficient (Wildman–Crippen LogP) is 1.18. The van der Waals surface area contributed by atoms with Crippen molar-refractivity contribution in [3.63, 3.8) is 0 Å². The Labute approximate surface area is 98.0 Å². The topological polar surface area (TPSA) is 83.8 Å². The van der Waals surface area contributed by atoms with E-state index in [-0.39, 0.29) is 23.3 Å². The number of carbonyl (C=O) groups is 2. The monoisotopic (exact) mass is 236 g/mol. The Hall–Kier alpha value is -2.30. The number of phenols is 2. The highest BCUT2D eigenvalue weighted by atomic mass is 16.5. The molecule has 0 spiro atoms. The number of esters is 1. The molecule has 0 fully saturated rings. The average molecular weight is 236 g/mol. The molecule has 1 aromatic carbocycles. The molecular formula is C12H12O5. The normalized spacial score (nSPS) is 9.71. The van der Waals surface area contributed by atoms with Gasteiger partial charge in [-0.2, -0.15) is 0 Å². The van der Waals surface area contributed by atoms with Gasteiger partial charge in [-0.15, -0.1) is 0 Å². The lowest BCUT2D eigenvalue weighted by Gasteiger charge is -2.09. The number of allylic oxidation sites excluding steroid dienone is 1. The molecule has 0 aliphatic carbocycles. The zero-order valence-corrected chi connectivity index (χ0v) is 9.27. The molecule has 0 heterocycles. The van der Waals surface area contributed by atoms with Gasteiger partial charge in [0.2, 0.25) is 0 Å². The molecule has 0 aromatic heterocycles. The second-order valence-corrected chi connectivity index (χ2v) is 3.32. The number of aromatic hydroxyl groups is 2. The minimum atomic E-state index is -0.576. The van der Waals surface area contributed by atoms with E-state index in [1.807, 2.05) is 0 Å². The zero-order valence-electron chi connectivity index (χ0n) is 9.27. The van der Waals surface area contributed by atoms with Crippen LogP contribution in [-0.2, 0) is 16.0 Å². The Morgan fingerprint density at radius 2 is 2.06 bits per heavy atom. The first-order valence-electron chi connectivity index (χ1n) is 4.78. The molecule has 5 heteroatoms. The summed E-state index contributed by atoms with van der Waals surface area (Å²) in [4.78, 5) is 22.7. The van der Waals surface area contributed by atoms with Crippen LogP contribution in [0.15, 0.2) is 24.8 Å². The lowest BCUT2D eigenvalue weighted by Crippen LogP contribution is -2.09. The summed E-state index contributed by atoms with van der Waals surface area (Å²) in [6, 6.07) is 2.25. The van der Waals surface area contributed by atoms with Crippen LogP contribution in [0.4, 0.5) is 0 Å². The van der Waals surface area contributed by atoms with Crippen LogP contribution < -0.4 is 0 Å². The molecule has 0 atom stereocenters. The summed E-state index contributed by atoms with van der Waals surface area (Å²) in [5, 5.41) is 18.9. The lowest BCUT2D eigenvalue weighted by molar-refractivity contribution is -0.139. The Morgan fingerprint density at radius 3 is 2.59 bits per heavy atom. The summed E-state index contributed by atoms with van der Waals surface area (Å²) < 4.78 is 4.46. The number of rotatable bonds is 4. The fraction of sp³-hybridized carbons (Fsp3) is 0.167. The summed E-state index contributed by atoms with van der Waals surface area (Å²) >= 11 is 0. The first kappa shape index (κ1) is 12.8. The third-order valence-electron chi connectivity index (χ3n) is 2.18. The predicted molar refractivity (Wildman–Crippen MR) is 60.0 cm³/mol. The Kier molecular flexibility index (Phi) is 3.87. The summed E-state index contributed by atoms with van der Waals surface area (Å²) in [6.45, 7) is 3.30. The number of benzene rings is 1. The third-order valence-corrected chi connectivity index (χ3v) is 2.18. The van der Waals surface area contributed by atoms with Gasteiger partial charge in [0.15, 0.2) is 5.78 Å². The quantitative estimate of drug-likeness (QED) is 0.466. The highest BCUT2D eigenvalue weighted by Gasteiger charge is 2.18. The van der Waals surface area contributed by atoms with E-state index >= 15 is 0 Å². The average Bonchev–Trinajstić information content (AvgIpc) is 2.27. The van der Waals surface area contributed by atoms with Crippen LogP contribution in [0.1, 0.15) is 15.9 Å². The van der Waals surface area contributed by atoms with E-state index in [2.05, 4.69) is 11.3 Å². The van der Waals surface area contributed by atoms with E-state index in [0.29, 0.717) is 0 Å². The van der Waals surface area contributed by atoms with Gasteiger partial charge in [0, 0.05) is 6.07 Å². The minimum Gasteiger partial charge on any atom is -0.508 e. The van der Waals surface area contributed by atoms with Gasteiger partial charge in [0.05, 0.1) is 19.1 Å². The van der Waals surface area contributed by atoms with Gasteiger partial charge in [-0.1, -0.05) is 6.58 Å². The Bertz CT molecular complexity index is 476. The van der Waals surface area contributed by atoms with Gasteiger partial charge < -0.3 is 14.9 Å². The first-order valence-corrected chi connectivity index (χ1v) is 4.78. The highest BCUT2D eigenvalue weighted by Crippen LogP contribution is 2.28. The maximum atomic E-state index is 11.5. The van der Waals surface area contributed by atoms with Crippen LogP contribution in [-0.4, -0.2) is 29.1 Å². The molecule has 0 radical (unpaired) electrons. The van der Waals surface area contributed by atoms with Crippen LogP contribution in [0.5, 0.6) is 11.5 Å². The molecular weight excluding hydrogens is 224 g/mol. The van der Waals surface area contributed by atoms with Crippen molar-refractivity contribution in [1.82, 2.24) is 0 Å². The van der Waals surface area contributed by atoms with Gasteiger partial charge in [-0.05, 0) is 17.7 Å². The molecule has 0 saturated carbocycles. The number of hydrogen-bond acceptors (Lipinski definition) is 5. The molecule has 17 heavy (non-hydrogen) atoms. The van der Waals surface area contributed by atoms with Gasteiger partial charge in [0.1, 0.15) is 11.5 Å². The van der Waals surface area contributed by atoms with Crippen LogP contribution in [0.2, 0.25) is 0 Å². The molecule has 0 unspecified atom stereocenters. The van der Waals surface area contributed by atoms with Crippen LogP contribution >= 0.6 is 0 Å². The second-order valence-electron chi connectivity index (χ2n) is 3.32. The van der Waals surface area contributed by atoms with E-state index in [4.69, 9.17) is 0 Å². The maximum Gasteiger partial charge on any atom is 0.310 e. The molecule has 0 bridgehead atoms. The number of ether oxygens (including phenoxy) is 1. The van der Waals surface area contributed by atoms with E-state index in [9.17, 15) is 19.8 Å². The van der Waals surface area contributed by atoms with E-state index in [1.165, 1.54) is 13.2 Å². The number of phenolic OH excluding ortho intramolecular Hbond substituents is 2. The maximum absolute atomic E-state index is 11.5. The van der Waals surface area contributed by atoms with E-state index < -0.39 is 17.5 Å². The number of hydrogen-bond donors (Lipinski definition) is 2. The molecule has 2 N–H and O–H groups in total. The van der Waals surface area contributed by atoms with Crippen LogP contribution in [0.25, 0.3) is 0 Å². The highest BCUT2D eigenvalue weighted by molar-refractivity contribution is 6.08. The van der Waals surface area contributed by atoms with Crippen molar-refractivity contribution in [1.29, 1.82) is 0 Å². The molecule has 90 valence electrons. The zero-order chi connectivity index (χ0) is 13.0. The smallest absolute Gasteiger partial charge is 0.310 e. The van der Waals surface area contributed by atoms with Crippen molar-refractivity contribution in [3.8, 4) is 11.5 Å². The number of carbonyl (C=O) groups excluding carboxylic acids is 2.